The van der Waals surface area contributed by atoms with Crippen molar-refractivity contribution >= 4 is 28.6 Å². The molecule has 1 atom stereocenters. The second-order valence-electron chi connectivity index (χ2n) is 5.43. The van der Waals surface area contributed by atoms with Gasteiger partial charge in [0.25, 0.3) is 5.82 Å². The summed E-state index contributed by atoms with van der Waals surface area (Å²) in [7, 11) is 0. The number of carbonyl (C=O) groups is 1. The molecule has 0 fully saturated rings. The molecular formula is C16H13N5OS2. The summed E-state index contributed by atoms with van der Waals surface area (Å²) in [6, 6.07) is 8.05. The maximum absolute atomic E-state index is 12.9. The van der Waals surface area contributed by atoms with Gasteiger partial charge in [0.2, 0.25) is 5.91 Å². The van der Waals surface area contributed by atoms with Crippen molar-refractivity contribution in [3.05, 3.63) is 56.4 Å². The third-order valence-corrected chi connectivity index (χ3v) is 5.95. The van der Waals surface area contributed by atoms with Crippen molar-refractivity contribution in [1.29, 1.82) is 5.26 Å². The van der Waals surface area contributed by atoms with Crippen molar-refractivity contribution in [2.75, 3.05) is 6.54 Å². The van der Waals surface area contributed by atoms with Gasteiger partial charge in [0.15, 0.2) is 0 Å². The van der Waals surface area contributed by atoms with Crippen LogP contribution in [-0.4, -0.2) is 32.1 Å². The lowest BCUT2D eigenvalue weighted by molar-refractivity contribution is -0.134. The monoisotopic (exact) mass is 355 g/mol. The molecule has 0 aromatic carbocycles. The summed E-state index contributed by atoms with van der Waals surface area (Å²) < 4.78 is 1.43. The number of nitriles is 1. The predicted octanol–water partition coefficient (Wildman–Crippen LogP) is 2.45. The summed E-state index contributed by atoms with van der Waals surface area (Å²) in [5.74, 6) is 0.0658. The molecule has 1 aliphatic rings. The highest BCUT2D eigenvalue weighted by atomic mass is 32.1. The SMILES string of the molecule is N#Cc1ncn(CC(=O)N2CCc3sccc3C2c2cccs2)n1. The fraction of sp³-hybridized carbons (Fsp3) is 0.250. The van der Waals surface area contributed by atoms with Crippen LogP contribution in [0, 0.1) is 11.3 Å². The Morgan fingerprint density at radius 3 is 3.04 bits per heavy atom. The molecule has 0 bridgehead atoms. The minimum atomic E-state index is -0.0357. The van der Waals surface area contributed by atoms with E-state index < -0.39 is 0 Å². The number of rotatable bonds is 3. The first kappa shape index (κ1) is 15.1. The summed E-state index contributed by atoms with van der Waals surface area (Å²) in [5.41, 5.74) is 1.22. The number of aromatic nitrogens is 3. The van der Waals surface area contributed by atoms with Crippen molar-refractivity contribution < 1.29 is 4.79 Å². The topological polar surface area (TPSA) is 74.8 Å². The van der Waals surface area contributed by atoms with Crippen molar-refractivity contribution in [1.82, 2.24) is 19.7 Å². The van der Waals surface area contributed by atoms with Gasteiger partial charge >= 0.3 is 0 Å². The minimum absolute atomic E-state index is 0.0142. The zero-order chi connectivity index (χ0) is 16.5. The first-order valence-corrected chi connectivity index (χ1v) is 9.21. The zero-order valence-corrected chi connectivity index (χ0v) is 14.3. The Bertz CT molecular complexity index is 905. The highest BCUT2D eigenvalue weighted by molar-refractivity contribution is 7.10. The highest BCUT2D eigenvalue weighted by Gasteiger charge is 2.33. The predicted molar refractivity (Wildman–Crippen MR) is 90.6 cm³/mol. The van der Waals surface area contributed by atoms with Gasteiger partial charge in [0.05, 0.1) is 6.04 Å². The van der Waals surface area contributed by atoms with Crippen LogP contribution >= 0.6 is 22.7 Å². The van der Waals surface area contributed by atoms with Gasteiger partial charge in [-0.05, 0) is 34.9 Å². The molecular weight excluding hydrogens is 342 g/mol. The maximum Gasteiger partial charge on any atom is 0.252 e. The summed E-state index contributed by atoms with van der Waals surface area (Å²) in [6.07, 6.45) is 2.30. The normalized spacial score (nSPS) is 16.6. The van der Waals surface area contributed by atoms with E-state index in [1.54, 1.807) is 22.7 Å². The number of hydrogen-bond donors (Lipinski definition) is 0. The lowest BCUT2D eigenvalue weighted by Gasteiger charge is -2.35. The highest BCUT2D eigenvalue weighted by Crippen LogP contribution is 2.39. The first-order valence-electron chi connectivity index (χ1n) is 7.45. The molecule has 1 unspecified atom stereocenters. The van der Waals surface area contributed by atoms with Crippen LogP contribution in [0.4, 0.5) is 0 Å². The van der Waals surface area contributed by atoms with Crippen molar-refractivity contribution in [3.8, 4) is 6.07 Å². The van der Waals surface area contributed by atoms with Gasteiger partial charge in [-0.15, -0.1) is 27.8 Å². The third-order valence-electron chi connectivity index (χ3n) is 4.03. The second kappa shape index (κ2) is 6.19. The quantitative estimate of drug-likeness (QED) is 0.723. The smallest absolute Gasteiger partial charge is 0.252 e. The molecule has 24 heavy (non-hydrogen) atoms. The molecule has 120 valence electrons. The van der Waals surface area contributed by atoms with Gasteiger partial charge in [0.1, 0.15) is 18.9 Å². The van der Waals surface area contributed by atoms with Gasteiger partial charge in [-0.3, -0.25) is 4.79 Å². The Kier molecular flexibility index (Phi) is 3.88. The molecule has 6 nitrogen and oxygen atoms in total. The minimum Gasteiger partial charge on any atom is -0.329 e. The summed E-state index contributed by atoms with van der Waals surface area (Å²) >= 11 is 3.42. The molecule has 0 saturated heterocycles. The number of amides is 1. The Hall–Kier alpha value is -2.50. The standard InChI is InChI=1S/C16H13N5OS2/c17-8-14-18-10-20(19-14)9-15(22)21-5-3-12-11(4-7-24-12)16(21)13-2-1-6-23-13/h1-2,4,6-7,10,16H,3,5,9H2. The van der Waals surface area contributed by atoms with Gasteiger partial charge in [-0.25, -0.2) is 9.67 Å². The average Bonchev–Trinajstić information content (AvgIpc) is 3.34. The number of hydrogen-bond acceptors (Lipinski definition) is 6. The van der Waals surface area contributed by atoms with Crippen molar-refractivity contribution in [2.45, 2.75) is 19.0 Å². The number of fused-ring (bicyclic) bond motifs is 1. The van der Waals surface area contributed by atoms with Crippen molar-refractivity contribution in [3.63, 3.8) is 0 Å². The first-order chi connectivity index (χ1) is 11.8. The average molecular weight is 355 g/mol. The van der Waals surface area contributed by atoms with Gasteiger partial charge in [-0.1, -0.05) is 6.07 Å². The van der Waals surface area contributed by atoms with Crippen LogP contribution < -0.4 is 0 Å². The molecule has 1 amide bonds. The fourth-order valence-corrected chi connectivity index (χ4v) is 4.75. The lowest BCUT2D eigenvalue weighted by atomic mass is 9.98. The van der Waals surface area contributed by atoms with E-state index in [2.05, 4.69) is 27.6 Å². The Morgan fingerprint density at radius 2 is 2.29 bits per heavy atom. The van der Waals surface area contributed by atoms with Crippen LogP contribution in [0.25, 0.3) is 0 Å². The van der Waals surface area contributed by atoms with Crippen LogP contribution in [0.1, 0.15) is 27.2 Å². The van der Waals surface area contributed by atoms with E-state index in [4.69, 9.17) is 5.26 Å². The molecule has 4 rings (SSSR count). The molecule has 3 aromatic rings. The Balaban J connectivity index is 1.63. The zero-order valence-electron chi connectivity index (χ0n) is 12.6. The molecule has 0 saturated carbocycles. The van der Waals surface area contributed by atoms with Crippen LogP contribution in [0.15, 0.2) is 35.3 Å². The van der Waals surface area contributed by atoms with Gasteiger partial charge in [-0.2, -0.15) is 5.26 Å². The van der Waals surface area contributed by atoms with E-state index >= 15 is 0 Å². The molecule has 0 N–H and O–H groups in total. The van der Waals surface area contributed by atoms with Crippen molar-refractivity contribution in [2.24, 2.45) is 0 Å². The van der Waals surface area contributed by atoms with Gasteiger partial charge in [0, 0.05) is 16.3 Å². The maximum atomic E-state index is 12.9. The number of thiophene rings is 2. The Morgan fingerprint density at radius 1 is 1.38 bits per heavy atom. The van der Waals surface area contributed by atoms with E-state index in [9.17, 15) is 4.79 Å². The van der Waals surface area contributed by atoms with Gasteiger partial charge < -0.3 is 4.90 Å². The summed E-state index contributed by atoms with van der Waals surface area (Å²) in [4.78, 5) is 21.1. The molecule has 4 heterocycles. The lowest BCUT2D eigenvalue weighted by Crippen LogP contribution is -2.41. The molecule has 1 aliphatic heterocycles. The van der Waals surface area contributed by atoms with Crippen LogP contribution in [0.2, 0.25) is 0 Å². The van der Waals surface area contributed by atoms with E-state index in [-0.39, 0.29) is 24.3 Å². The molecule has 0 radical (unpaired) electrons. The van der Waals surface area contributed by atoms with E-state index in [1.165, 1.54) is 26.3 Å². The van der Waals surface area contributed by atoms with E-state index in [0.717, 1.165) is 6.42 Å². The molecule has 8 heteroatoms. The van der Waals surface area contributed by atoms with E-state index in [0.29, 0.717) is 6.54 Å². The van der Waals surface area contributed by atoms with Crippen LogP contribution in [-0.2, 0) is 17.8 Å². The molecule has 3 aromatic heterocycles. The molecule has 0 spiro atoms. The second-order valence-corrected chi connectivity index (χ2v) is 7.41. The number of carbonyl (C=O) groups excluding carboxylic acids is 1. The number of nitrogens with zero attached hydrogens (tertiary/aromatic N) is 5. The van der Waals surface area contributed by atoms with Crippen LogP contribution in [0.5, 0.6) is 0 Å². The molecule has 0 aliphatic carbocycles. The third kappa shape index (κ3) is 2.62. The fourth-order valence-electron chi connectivity index (χ4n) is 2.99. The largest absolute Gasteiger partial charge is 0.329 e. The summed E-state index contributed by atoms with van der Waals surface area (Å²) in [6.45, 7) is 0.782. The Labute approximate surface area is 146 Å². The van der Waals surface area contributed by atoms with Crippen LogP contribution in [0.3, 0.4) is 0 Å². The summed E-state index contributed by atoms with van der Waals surface area (Å²) in [5, 5.41) is 16.9. The van der Waals surface area contributed by atoms with E-state index in [1.807, 2.05) is 22.4 Å².